The van der Waals surface area contributed by atoms with Gasteiger partial charge in [-0.3, -0.25) is 4.78 Å². The van der Waals surface area contributed by atoms with Gasteiger partial charge >= 0.3 is 0 Å². The summed E-state index contributed by atoms with van der Waals surface area (Å²) in [6, 6.07) is 39.8. The van der Waals surface area contributed by atoms with Gasteiger partial charge in [-0.1, -0.05) is 120 Å². The second kappa shape index (κ2) is 8.42. The number of benzene rings is 4. The molecule has 0 aliphatic heterocycles. The van der Waals surface area contributed by atoms with E-state index in [2.05, 4.69) is 139 Å². The van der Waals surface area contributed by atoms with E-state index in [1.807, 2.05) is 0 Å². The molecule has 29 heavy (non-hydrogen) atoms. The third-order valence-corrected chi connectivity index (χ3v) is 6.13. The fraction of sp³-hybridized carbons (Fsp3) is 0.143. The van der Waals surface area contributed by atoms with Gasteiger partial charge in [-0.2, -0.15) is 0 Å². The van der Waals surface area contributed by atoms with Crippen molar-refractivity contribution in [2.45, 2.75) is 24.0 Å². The Morgan fingerprint density at radius 1 is 0.586 bits per heavy atom. The van der Waals surface area contributed by atoms with Gasteiger partial charge in [-0.05, 0) is 29.2 Å². The molecule has 141 valence electrons. The van der Waals surface area contributed by atoms with Crippen molar-refractivity contribution in [3.8, 4) is 0 Å². The van der Waals surface area contributed by atoms with Crippen molar-refractivity contribution >= 4 is 16.3 Å². The maximum Gasteiger partial charge on any atom is 0.0701 e. The summed E-state index contributed by atoms with van der Waals surface area (Å²) in [5.41, 5.74) is 7.38. The van der Waals surface area contributed by atoms with Crippen molar-refractivity contribution < 1.29 is 0 Å². The molecule has 0 aliphatic rings. The van der Waals surface area contributed by atoms with Crippen LogP contribution in [-0.2, 0) is 5.41 Å². The third kappa shape index (κ3) is 3.69. The molecule has 4 aromatic rings. The van der Waals surface area contributed by atoms with E-state index in [-0.39, 0.29) is 5.41 Å². The Morgan fingerprint density at radius 2 is 1.07 bits per heavy atom. The largest absolute Gasteiger partial charge is 0.567 e. The molecule has 0 heterocycles. The Hall–Kier alpha value is -2.59. The van der Waals surface area contributed by atoms with E-state index in [4.69, 9.17) is 0 Å². The van der Waals surface area contributed by atoms with Crippen LogP contribution < -0.4 is 0 Å². The average Bonchev–Trinajstić information content (AvgIpc) is 2.77. The lowest BCUT2D eigenvalue weighted by molar-refractivity contribution is 0.742. The highest BCUT2D eigenvalue weighted by molar-refractivity contribution is 6.12. The molecule has 0 saturated heterocycles. The Morgan fingerprint density at radius 3 is 1.59 bits per heavy atom. The minimum Gasteiger partial charge on any atom is -0.567 e. The number of aryl methyl sites for hydroxylation is 1. The molecule has 4 aromatic carbocycles. The van der Waals surface area contributed by atoms with Gasteiger partial charge in [0.05, 0.1) is 5.41 Å². The number of rotatable bonds is 5. The van der Waals surface area contributed by atoms with Crippen LogP contribution in [0.15, 0.2) is 109 Å². The topological polar surface area (TPSA) is 0 Å². The van der Waals surface area contributed by atoms with Crippen LogP contribution in [0.3, 0.4) is 0 Å². The molecular formula is C28H25Al-. The van der Waals surface area contributed by atoms with Crippen molar-refractivity contribution in [2.24, 2.45) is 0 Å². The molecule has 0 aliphatic carbocycles. The van der Waals surface area contributed by atoms with Crippen molar-refractivity contribution in [1.82, 2.24) is 0 Å². The molecule has 0 nitrogen and oxygen atoms in total. The summed E-state index contributed by atoms with van der Waals surface area (Å²) in [6.45, 7) is 4.37. The summed E-state index contributed by atoms with van der Waals surface area (Å²) < 4.78 is 0.400. The summed E-state index contributed by atoms with van der Waals surface area (Å²) in [4.78, 5) is 0. The lowest BCUT2D eigenvalue weighted by Gasteiger charge is -2.37. The van der Waals surface area contributed by atoms with Crippen LogP contribution in [0, 0.1) is 6.92 Å². The second-order valence-corrected chi connectivity index (χ2v) is 8.76. The van der Waals surface area contributed by atoms with Crippen molar-refractivity contribution in [1.29, 1.82) is 0 Å². The monoisotopic (exact) mass is 388 g/mol. The van der Waals surface area contributed by atoms with Gasteiger partial charge < -0.3 is 16.3 Å². The summed E-state index contributed by atoms with van der Waals surface area (Å²) in [5, 5.41) is 0. The molecule has 0 fully saturated rings. The zero-order chi connectivity index (χ0) is 20.3. The van der Waals surface area contributed by atoms with E-state index in [9.17, 15) is 0 Å². The molecular weight excluding hydrogens is 363 g/mol. The van der Waals surface area contributed by atoms with Crippen LogP contribution in [0.2, 0.25) is 0 Å². The van der Waals surface area contributed by atoms with E-state index >= 15 is 0 Å². The highest BCUT2D eigenvalue weighted by atomic mass is 27.0. The van der Waals surface area contributed by atoms with Crippen molar-refractivity contribution in [2.75, 3.05) is 0 Å². The Labute approximate surface area is 182 Å². The van der Waals surface area contributed by atoms with E-state index in [1.54, 1.807) is 0 Å². The van der Waals surface area contributed by atoms with Gasteiger partial charge in [0.15, 0.2) is 0 Å². The fourth-order valence-corrected chi connectivity index (χ4v) is 4.44. The molecule has 1 unspecified atom stereocenters. The molecule has 1 atom stereocenters. The molecule has 0 amide bonds. The predicted molar refractivity (Wildman–Crippen MR) is 124 cm³/mol. The quantitative estimate of drug-likeness (QED) is 0.267. The van der Waals surface area contributed by atoms with Crippen LogP contribution in [0.1, 0.15) is 45.1 Å². The van der Waals surface area contributed by atoms with Gasteiger partial charge in [0.2, 0.25) is 0 Å². The van der Waals surface area contributed by atoms with Crippen LogP contribution in [0.25, 0.3) is 0 Å². The smallest absolute Gasteiger partial charge is 0.0701 e. The maximum atomic E-state index is 2.93. The molecule has 3 radical (unpaired) electrons. The fourth-order valence-electron chi connectivity index (χ4n) is 4.24. The highest BCUT2D eigenvalue weighted by Crippen LogP contribution is 2.45. The van der Waals surface area contributed by atoms with E-state index in [1.165, 1.54) is 33.4 Å². The van der Waals surface area contributed by atoms with Crippen LogP contribution in [-0.4, -0.2) is 16.3 Å². The first-order chi connectivity index (χ1) is 14.1. The summed E-state index contributed by atoms with van der Waals surface area (Å²) in [5.74, 6) is 0. The molecule has 4 rings (SSSR count). The van der Waals surface area contributed by atoms with Crippen molar-refractivity contribution in [3.05, 3.63) is 143 Å². The van der Waals surface area contributed by atoms with Gasteiger partial charge in [-0.15, -0.1) is 6.92 Å². The summed E-state index contributed by atoms with van der Waals surface area (Å²) in [6.07, 6.45) is 0. The first kappa shape index (κ1) is 19.7. The molecule has 0 bridgehead atoms. The summed E-state index contributed by atoms with van der Waals surface area (Å²) in [7, 11) is 0. The Bertz CT molecular complexity index is 1020. The molecule has 0 aromatic heterocycles. The Balaban J connectivity index is 2.12. The van der Waals surface area contributed by atoms with Gasteiger partial charge in [-0.25, -0.2) is 0 Å². The zero-order valence-electron chi connectivity index (χ0n) is 17.0. The maximum absolute atomic E-state index is 2.93. The van der Waals surface area contributed by atoms with E-state index < -0.39 is 0 Å². The molecule has 0 N–H and O–H groups in total. The summed E-state index contributed by atoms with van der Waals surface area (Å²) >= 11 is 2.93. The van der Waals surface area contributed by atoms with Crippen molar-refractivity contribution in [3.63, 3.8) is 0 Å². The van der Waals surface area contributed by atoms with Gasteiger partial charge in [0, 0.05) is 0 Å². The first-order valence-electron chi connectivity index (χ1n) is 10.2. The Kier molecular flexibility index (Phi) is 5.72. The SMILES string of the molecule is Cc1ccc(C(c2ccccc2)(c2ccccc2)c2cccc([CH](C)[Al-])c2)cc1. The van der Waals surface area contributed by atoms with Crippen LogP contribution in [0.5, 0.6) is 0 Å². The lowest BCUT2D eigenvalue weighted by atomic mass is 9.65. The van der Waals surface area contributed by atoms with Crippen LogP contribution >= 0.6 is 0 Å². The standard InChI is InChI=1S/C28H25.Al/c1-3-23-11-10-16-27(21-23)28(24-12-6-4-7-13-24,25-14-8-5-9-15-25)26-19-17-22(2)18-20-26;/h3-21H,1-2H3;/q;-1. The van der Waals surface area contributed by atoms with E-state index in [0.29, 0.717) is 4.78 Å². The normalized spacial score (nSPS) is 12.5. The molecule has 0 saturated carbocycles. The second-order valence-electron chi connectivity index (χ2n) is 7.76. The first-order valence-corrected chi connectivity index (χ1v) is 10.8. The van der Waals surface area contributed by atoms with Gasteiger partial charge in [0.25, 0.3) is 0 Å². The van der Waals surface area contributed by atoms with E-state index in [0.717, 1.165) is 0 Å². The lowest BCUT2D eigenvalue weighted by Crippen LogP contribution is -2.31. The van der Waals surface area contributed by atoms with Gasteiger partial charge in [0.1, 0.15) is 0 Å². The number of hydrogen-bond donors (Lipinski definition) is 0. The average molecular weight is 388 g/mol. The minimum absolute atomic E-state index is 0.369. The highest BCUT2D eigenvalue weighted by Gasteiger charge is 2.38. The van der Waals surface area contributed by atoms with Crippen LogP contribution in [0.4, 0.5) is 0 Å². The third-order valence-electron chi connectivity index (χ3n) is 5.74. The molecule has 0 spiro atoms. The number of hydrogen-bond acceptors (Lipinski definition) is 0. The molecule has 1 heteroatoms. The zero-order valence-corrected chi connectivity index (χ0v) is 18.2. The minimum atomic E-state index is -0.369. The predicted octanol–water partition coefficient (Wildman–Crippen LogP) is 6.61.